The predicted octanol–water partition coefficient (Wildman–Crippen LogP) is 4.92. The minimum atomic E-state index is 0.353. The highest BCUT2D eigenvalue weighted by atomic mass is 32.1. The normalized spacial score (nSPS) is 18.8. The largest absolute Gasteiger partial charge is 0.330 e. The molecule has 0 saturated heterocycles. The van der Waals surface area contributed by atoms with Gasteiger partial charge < -0.3 is 4.57 Å². The molecule has 1 fully saturated rings. The molecule has 2 nitrogen and oxygen atoms in total. The molecule has 0 amide bonds. The summed E-state index contributed by atoms with van der Waals surface area (Å²) < 4.78 is 2.36. The van der Waals surface area contributed by atoms with Gasteiger partial charge in [0.15, 0.2) is 0 Å². The molecule has 21 heavy (non-hydrogen) atoms. The van der Waals surface area contributed by atoms with Gasteiger partial charge in [0.1, 0.15) is 0 Å². The van der Waals surface area contributed by atoms with Crippen LogP contribution in [0.4, 0.5) is 0 Å². The molecule has 0 atom stereocenters. The summed E-state index contributed by atoms with van der Waals surface area (Å²) in [7, 11) is 0. The van der Waals surface area contributed by atoms with Crippen molar-refractivity contribution in [3.05, 3.63) is 29.6 Å². The third kappa shape index (κ3) is 2.98. The Labute approximate surface area is 133 Å². The molecule has 1 aliphatic rings. The Morgan fingerprint density at radius 2 is 1.76 bits per heavy atom. The molecule has 0 N–H and O–H groups in total. The lowest BCUT2D eigenvalue weighted by Gasteiger charge is -2.31. The number of thiol groups is 1. The van der Waals surface area contributed by atoms with E-state index < -0.39 is 0 Å². The fourth-order valence-electron chi connectivity index (χ4n) is 3.65. The van der Waals surface area contributed by atoms with Crippen molar-refractivity contribution in [2.45, 2.75) is 58.9 Å². The zero-order valence-corrected chi connectivity index (χ0v) is 14.1. The molecule has 0 radical (unpaired) electrons. The van der Waals surface area contributed by atoms with Crippen molar-refractivity contribution in [1.29, 1.82) is 0 Å². The van der Waals surface area contributed by atoms with E-state index in [-0.39, 0.29) is 0 Å². The highest BCUT2D eigenvalue weighted by molar-refractivity contribution is 7.80. The lowest BCUT2D eigenvalue weighted by Crippen LogP contribution is -2.28. The van der Waals surface area contributed by atoms with Gasteiger partial charge in [0.25, 0.3) is 0 Å². The Bertz CT molecular complexity index is 621. The Morgan fingerprint density at radius 3 is 2.43 bits per heavy atom. The third-order valence-electron chi connectivity index (χ3n) is 5.24. The van der Waals surface area contributed by atoms with Crippen molar-refractivity contribution in [2.24, 2.45) is 5.41 Å². The summed E-state index contributed by atoms with van der Waals surface area (Å²) in [6, 6.07) is 4.50. The molecule has 114 valence electrons. The lowest BCUT2D eigenvalue weighted by molar-refractivity contribution is 0.244. The van der Waals surface area contributed by atoms with Crippen LogP contribution in [0.25, 0.3) is 11.0 Å². The highest BCUT2D eigenvalue weighted by Gasteiger charge is 2.30. The number of hydrogen-bond acceptors (Lipinski definition) is 2. The maximum Gasteiger partial charge on any atom is 0.0958 e. The SMILES string of the molecule is Cc1cc2ncn(CC3(CS)CCCCCC3)c2cc1C. The van der Waals surface area contributed by atoms with Gasteiger partial charge in [0, 0.05) is 6.54 Å². The summed E-state index contributed by atoms with van der Waals surface area (Å²) in [6.07, 6.45) is 10.1. The average Bonchev–Trinajstić information content (AvgIpc) is 2.72. The molecule has 1 heterocycles. The quantitative estimate of drug-likeness (QED) is 0.629. The monoisotopic (exact) mass is 302 g/mol. The van der Waals surface area contributed by atoms with Crippen LogP contribution in [-0.2, 0) is 6.54 Å². The van der Waals surface area contributed by atoms with Gasteiger partial charge in [-0.05, 0) is 61.1 Å². The number of fused-ring (bicyclic) bond motifs is 1. The van der Waals surface area contributed by atoms with Crippen LogP contribution in [0.3, 0.4) is 0 Å². The number of imidazole rings is 1. The van der Waals surface area contributed by atoms with Crippen LogP contribution in [0, 0.1) is 19.3 Å². The highest BCUT2D eigenvalue weighted by Crippen LogP contribution is 2.38. The zero-order chi connectivity index (χ0) is 14.9. The second kappa shape index (κ2) is 6.04. The van der Waals surface area contributed by atoms with Gasteiger partial charge in [-0.2, -0.15) is 12.6 Å². The summed E-state index contributed by atoms with van der Waals surface area (Å²) in [5.41, 5.74) is 5.44. The van der Waals surface area contributed by atoms with Gasteiger partial charge in [-0.3, -0.25) is 0 Å². The summed E-state index contributed by atoms with van der Waals surface area (Å²) in [6.45, 7) is 5.41. The second-order valence-electron chi connectivity index (χ2n) is 6.87. The summed E-state index contributed by atoms with van der Waals surface area (Å²) in [5, 5.41) is 0. The molecule has 1 aliphatic carbocycles. The Morgan fingerprint density at radius 1 is 1.10 bits per heavy atom. The van der Waals surface area contributed by atoms with E-state index in [0.29, 0.717) is 5.41 Å². The van der Waals surface area contributed by atoms with Crippen LogP contribution in [0.1, 0.15) is 49.7 Å². The van der Waals surface area contributed by atoms with Crippen molar-refractivity contribution in [1.82, 2.24) is 9.55 Å². The smallest absolute Gasteiger partial charge is 0.0958 e. The number of nitrogens with zero attached hydrogens (tertiary/aromatic N) is 2. The first kappa shape index (κ1) is 15.0. The molecule has 1 saturated carbocycles. The molecule has 3 heteroatoms. The van der Waals surface area contributed by atoms with Gasteiger partial charge >= 0.3 is 0 Å². The molecule has 0 unspecified atom stereocenters. The zero-order valence-electron chi connectivity index (χ0n) is 13.2. The van der Waals surface area contributed by atoms with E-state index in [0.717, 1.165) is 17.8 Å². The van der Waals surface area contributed by atoms with Crippen LogP contribution >= 0.6 is 12.6 Å². The number of aryl methyl sites for hydroxylation is 2. The van der Waals surface area contributed by atoms with E-state index in [1.54, 1.807) is 0 Å². The Kier molecular flexibility index (Phi) is 4.30. The predicted molar refractivity (Wildman–Crippen MR) is 93.2 cm³/mol. The molecule has 1 aromatic carbocycles. The number of hydrogen-bond donors (Lipinski definition) is 1. The first-order valence-corrected chi connectivity index (χ1v) is 8.80. The summed E-state index contributed by atoms with van der Waals surface area (Å²) in [5.74, 6) is 0.984. The number of benzene rings is 1. The number of rotatable bonds is 3. The van der Waals surface area contributed by atoms with Gasteiger partial charge in [0.05, 0.1) is 17.4 Å². The fourth-order valence-corrected chi connectivity index (χ4v) is 4.06. The van der Waals surface area contributed by atoms with E-state index in [1.807, 2.05) is 6.33 Å². The Balaban J connectivity index is 1.94. The second-order valence-corrected chi connectivity index (χ2v) is 7.19. The van der Waals surface area contributed by atoms with Gasteiger partial charge in [-0.1, -0.05) is 25.7 Å². The van der Waals surface area contributed by atoms with Gasteiger partial charge in [0.2, 0.25) is 0 Å². The molecule has 0 aliphatic heterocycles. The van der Waals surface area contributed by atoms with Crippen molar-refractivity contribution < 1.29 is 0 Å². The van der Waals surface area contributed by atoms with E-state index >= 15 is 0 Å². The van der Waals surface area contributed by atoms with Crippen LogP contribution in [0.15, 0.2) is 18.5 Å². The molecule has 3 rings (SSSR count). The van der Waals surface area contributed by atoms with Crippen LogP contribution < -0.4 is 0 Å². The molecule has 0 spiro atoms. The van der Waals surface area contributed by atoms with Crippen LogP contribution in [0.5, 0.6) is 0 Å². The third-order valence-corrected chi connectivity index (χ3v) is 5.91. The van der Waals surface area contributed by atoms with Crippen molar-refractivity contribution in [2.75, 3.05) is 5.75 Å². The lowest BCUT2D eigenvalue weighted by atomic mass is 9.82. The topological polar surface area (TPSA) is 17.8 Å². The summed E-state index contributed by atoms with van der Waals surface area (Å²) >= 11 is 4.71. The molecular formula is C18H26N2S. The molecule has 0 bridgehead atoms. The van der Waals surface area contributed by atoms with Crippen molar-refractivity contribution in [3.8, 4) is 0 Å². The van der Waals surface area contributed by atoms with Crippen LogP contribution in [0.2, 0.25) is 0 Å². The van der Waals surface area contributed by atoms with E-state index in [1.165, 1.54) is 55.2 Å². The minimum Gasteiger partial charge on any atom is -0.330 e. The molecule has 1 aromatic heterocycles. The van der Waals surface area contributed by atoms with Gasteiger partial charge in [-0.25, -0.2) is 4.98 Å². The maximum absolute atomic E-state index is 4.71. The Hall–Kier alpha value is -0.960. The number of aromatic nitrogens is 2. The van der Waals surface area contributed by atoms with Crippen molar-refractivity contribution in [3.63, 3.8) is 0 Å². The van der Waals surface area contributed by atoms with Crippen molar-refractivity contribution >= 4 is 23.7 Å². The van der Waals surface area contributed by atoms with E-state index in [9.17, 15) is 0 Å². The summed E-state index contributed by atoms with van der Waals surface area (Å²) in [4.78, 5) is 4.61. The van der Waals surface area contributed by atoms with E-state index in [4.69, 9.17) is 12.6 Å². The molecular weight excluding hydrogens is 276 g/mol. The average molecular weight is 302 g/mol. The first-order chi connectivity index (χ1) is 10.1. The first-order valence-electron chi connectivity index (χ1n) is 8.16. The van der Waals surface area contributed by atoms with E-state index in [2.05, 4.69) is 35.5 Å². The fraction of sp³-hybridized carbons (Fsp3) is 0.611. The van der Waals surface area contributed by atoms with Gasteiger partial charge in [-0.15, -0.1) is 0 Å². The minimum absolute atomic E-state index is 0.353. The standard InChI is InChI=1S/C18H26N2S/c1-14-9-16-17(10-15(14)2)20(13-19-16)11-18(12-21)7-5-3-4-6-8-18/h9-10,13,21H,3-8,11-12H2,1-2H3. The molecule has 2 aromatic rings. The maximum atomic E-state index is 4.71. The van der Waals surface area contributed by atoms with Crippen LogP contribution in [-0.4, -0.2) is 15.3 Å².